The third-order valence-electron chi connectivity index (χ3n) is 14.7. The van der Waals surface area contributed by atoms with E-state index in [0.717, 1.165) is 44.3 Å². The highest BCUT2D eigenvalue weighted by Crippen LogP contribution is 2.40. The number of nitriles is 3. The first-order valence-electron chi connectivity index (χ1n) is 28.2. The maximum Gasteiger partial charge on any atom is 0.360 e. The summed E-state index contributed by atoms with van der Waals surface area (Å²) in [6.45, 7) is 13.4. The number of nitrogens with zero attached hydrogens (tertiary/aromatic N) is 18. The lowest BCUT2D eigenvalue weighted by molar-refractivity contribution is -0.0161. The summed E-state index contributed by atoms with van der Waals surface area (Å²) in [6.07, 6.45) is 3.70. The van der Waals surface area contributed by atoms with Crippen LogP contribution in [0.25, 0.3) is 33.8 Å². The fraction of sp³-hybridized carbons (Fsp3) is 0.279. The molecule has 28 nitrogen and oxygen atoms in total. The van der Waals surface area contributed by atoms with Gasteiger partial charge in [-0.25, -0.2) is 29.9 Å². The lowest BCUT2D eigenvalue weighted by Gasteiger charge is -2.23. The van der Waals surface area contributed by atoms with Gasteiger partial charge < -0.3 is 51.1 Å². The summed E-state index contributed by atoms with van der Waals surface area (Å²) in [5.41, 5.74) is 28.6. The minimum Gasteiger partial charge on any atom is -0.560 e. The van der Waals surface area contributed by atoms with Crippen molar-refractivity contribution in [3.63, 3.8) is 0 Å². The Kier molecular flexibility index (Phi) is 17.0. The van der Waals surface area contributed by atoms with Crippen LogP contribution >= 0.6 is 0 Å². The maximum absolute atomic E-state index is 13.2. The lowest BCUT2D eigenvalue weighted by Crippen LogP contribution is -2.31. The van der Waals surface area contributed by atoms with Crippen molar-refractivity contribution < 1.29 is 28.5 Å². The number of guanidine groups is 1. The summed E-state index contributed by atoms with van der Waals surface area (Å²) in [6, 6.07) is 23.9. The molecule has 3 aromatic carbocycles. The Morgan fingerprint density at radius 1 is 0.611 bits per heavy atom. The maximum atomic E-state index is 13.2. The van der Waals surface area contributed by atoms with Gasteiger partial charge >= 0.3 is 12.8 Å². The molecule has 0 aliphatic carbocycles. The summed E-state index contributed by atoms with van der Waals surface area (Å²) in [4.78, 5) is 51.8. The number of aromatic nitrogens is 12. The van der Waals surface area contributed by atoms with E-state index in [1.54, 1.807) is 38.1 Å². The molecule has 0 saturated heterocycles. The van der Waals surface area contributed by atoms with Gasteiger partial charge in [-0.05, 0) is 78.7 Å². The number of anilines is 4. The van der Waals surface area contributed by atoms with E-state index in [2.05, 4.69) is 68.7 Å². The quantitative estimate of drug-likeness (QED) is 0.105. The first-order valence-corrected chi connectivity index (χ1v) is 28.2. The zero-order valence-corrected chi connectivity index (χ0v) is 51.7. The van der Waals surface area contributed by atoms with E-state index in [0.29, 0.717) is 69.0 Å². The molecule has 0 fully saturated rings. The Morgan fingerprint density at radius 3 is 1.60 bits per heavy atom. The predicted octanol–water partition coefficient (Wildman–Crippen LogP) is 7.79. The third kappa shape index (κ3) is 12.2. The minimum atomic E-state index is -0.539. The molecule has 6 aromatic heterocycles. The molecule has 9 aromatic rings. The number of hydroxylamine groups is 2. The average Bonchev–Trinajstić information content (AvgIpc) is 1.71. The van der Waals surface area contributed by atoms with Crippen molar-refractivity contribution in [2.75, 3.05) is 43.7 Å². The Morgan fingerprint density at radius 2 is 1.06 bits per heavy atom. The molecule has 456 valence electrons. The zero-order valence-electron chi connectivity index (χ0n) is 51.7. The van der Waals surface area contributed by atoms with Crippen LogP contribution in [0.4, 0.5) is 29.0 Å². The van der Waals surface area contributed by atoms with Gasteiger partial charge in [0.15, 0.2) is 34.7 Å². The number of ether oxygens (including phenoxy) is 3. The number of carbonyl (C=O) groups excluding carboxylic acids is 1. The molecular formula is C61H63BN22O6. The van der Waals surface area contributed by atoms with Crippen LogP contribution in [0.5, 0.6) is 29.1 Å². The van der Waals surface area contributed by atoms with Gasteiger partial charge in [0.1, 0.15) is 59.4 Å². The van der Waals surface area contributed by atoms with Crippen LogP contribution in [0, 0.1) is 54.8 Å². The second-order valence-electron chi connectivity index (χ2n) is 21.8. The summed E-state index contributed by atoms with van der Waals surface area (Å²) < 4.78 is 28.8. The Hall–Kier alpha value is -11.8. The minimum absolute atomic E-state index is 0.00357. The van der Waals surface area contributed by atoms with Crippen LogP contribution in [-0.4, -0.2) is 109 Å². The molecule has 0 saturated carbocycles. The van der Waals surface area contributed by atoms with Crippen LogP contribution in [-0.2, 0) is 27.5 Å². The van der Waals surface area contributed by atoms with Gasteiger partial charge in [-0.1, -0.05) is 41.0 Å². The normalized spacial score (nSPS) is 15.5. The van der Waals surface area contributed by atoms with E-state index in [4.69, 9.17) is 45.9 Å². The molecule has 90 heavy (non-hydrogen) atoms. The average molecular weight is 1210 g/mol. The number of hydrogen-bond acceptors (Lipinski definition) is 24. The monoisotopic (exact) mass is 1210 g/mol. The van der Waals surface area contributed by atoms with Gasteiger partial charge in [-0.2, -0.15) is 41.1 Å². The Balaban J connectivity index is 0.000000149. The number of fused-ring (bicyclic) bond motifs is 15. The molecule has 3 atom stereocenters. The molecule has 9 heterocycles. The standard InChI is InChI=1S/C21H23N9O.C20H21BN6O2.C20H19N7O3/c1-11-6-7-14-13(8-11)12(2)31-20-18(23)24-10-15(25-20)17-16(9-22)30(5)28-19(17)27-21(26-14)29(3)4;1-11-5-6-17-13(7-11)12(2)28-20-19(23)24-10-15(25-20)18-14(8-21(3)29-17)26-27(4)16(18)9-22;1-10-5-6-15-12(7-10)11(2)29-19-18(22)23-9-13(24-19)16-14(8-21)26(3)25-17(16)20(28)27(4)30-15/h6-8,10,12H,1-5H3,(H2,23,24)(H,26,27,28);5-7,10,12H,8H2,1-4H3,(H2,23,24);5-7,9,11H,1-4H3,(H2,22,23)/t2*12-;11-/m111/s1. The number of benzene rings is 3. The van der Waals surface area contributed by atoms with Gasteiger partial charge in [0.25, 0.3) is 17.6 Å². The third-order valence-corrected chi connectivity index (χ3v) is 14.7. The molecule has 3 aliphatic rings. The van der Waals surface area contributed by atoms with Crippen LogP contribution in [0.3, 0.4) is 0 Å². The molecule has 0 unspecified atom stereocenters. The van der Waals surface area contributed by atoms with E-state index in [9.17, 15) is 20.6 Å². The molecule has 3 aliphatic heterocycles. The summed E-state index contributed by atoms with van der Waals surface area (Å²) in [5.74, 6) is 2.44. The highest BCUT2D eigenvalue weighted by atomic mass is 16.7. The highest BCUT2D eigenvalue weighted by Gasteiger charge is 2.32. The Labute approximate surface area is 518 Å². The van der Waals surface area contributed by atoms with Crippen LogP contribution in [0.2, 0.25) is 6.82 Å². The Bertz CT molecular complexity index is 4480. The fourth-order valence-corrected chi connectivity index (χ4v) is 10.2. The number of rotatable bonds is 0. The van der Waals surface area contributed by atoms with Crippen LogP contribution < -0.4 is 46.2 Å². The van der Waals surface area contributed by atoms with Crippen molar-refractivity contribution in [2.24, 2.45) is 26.1 Å². The van der Waals surface area contributed by atoms with E-state index < -0.39 is 12.0 Å². The summed E-state index contributed by atoms with van der Waals surface area (Å²) in [7, 11) is 10.2. The van der Waals surface area contributed by atoms with Gasteiger partial charge in [0, 0.05) is 71.0 Å². The summed E-state index contributed by atoms with van der Waals surface area (Å²) >= 11 is 0. The van der Waals surface area contributed by atoms with Crippen molar-refractivity contribution in [1.29, 1.82) is 15.8 Å². The smallest absolute Gasteiger partial charge is 0.360 e. The second kappa shape index (κ2) is 24.9. The molecule has 12 rings (SSSR count). The van der Waals surface area contributed by atoms with E-state index in [-0.39, 0.29) is 76.9 Å². The van der Waals surface area contributed by atoms with E-state index in [1.807, 2.05) is 116 Å². The number of amides is 1. The lowest BCUT2D eigenvalue weighted by atomic mass is 9.65. The van der Waals surface area contributed by atoms with E-state index >= 15 is 0 Å². The van der Waals surface area contributed by atoms with Gasteiger partial charge in [0.2, 0.25) is 5.96 Å². The van der Waals surface area contributed by atoms with Crippen LogP contribution in [0.15, 0.2) is 78.2 Å². The SMILES string of the molecule is CB1Cc2nn(C)c(C#N)c2-c2cnc(N)c(n2)O[C@H](C)c2cc(C)ccc2O1.Cc1ccc2c(c1)[C@@H](C)Oc1nc(cnc1N)-c1c(nn(C)c1C#N)C(=O)N(C)O2.Cc1ccc2c(c1)[C@@H](C)Oc1nc(cnc1N)-c1c(nn(C)c1C#N)N=C(N(C)C)N2. The van der Waals surface area contributed by atoms with Gasteiger partial charge in [-0.3, -0.25) is 18.8 Å². The van der Waals surface area contributed by atoms with Gasteiger partial charge in [-0.15, -0.1) is 0 Å². The van der Waals surface area contributed by atoms with Crippen molar-refractivity contribution in [1.82, 2.24) is 69.2 Å². The number of carbonyl (C=O) groups is 1. The molecule has 0 radical (unpaired) electrons. The van der Waals surface area contributed by atoms with Crippen molar-refractivity contribution in [2.45, 2.75) is 73.0 Å². The molecule has 1 amide bonds. The number of hydrogen-bond donors (Lipinski definition) is 4. The number of aliphatic imine (C=N–C) groups is 1. The molecule has 0 spiro atoms. The highest BCUT2D eigenvalue weighted by molar-refractivity contribution is 6.50. The number of aryl methyl sites for hydroxylation is 6. The molecule has 6 bridgehead atoms. The first-order chi connectivity index (χ1) is 42.9. The molecule has 7 N–H and O–H groups in total. The van der Waals surface area contributed by atoms with Crippen molar-refractivity contribution in [3.8, 4) is 81.1 Å². The second-order valence-corrected chi connectivity index (χ2v) is 21.8. The number of nitrogens with one attached hydrogen (secondary N) is 1. The van der Waals surface area contributed by atoms with Crippen molar-refractivity contribution >= 4 is 47.7 Å². The summed E-state index contributed by atoms with van der Waals surface area (Å²) in [5, 5.41) is 46.6. The largest absolute Gasteiger partial charge is 0.560 e. The zero-order chi connectivity index (χ0) is 64.6. The first kappa shape index (κ1) is 61.3. The molecular weight excluding hydrogens is 1150 g/mol. The number of nitrogen functional groups attached to an aromatic ring is 3. The predicted molar refractivity (Wildman–Crippen MR) is 334 cm³/mol. The topological polar surface area (TPSA) is 374 Å². The van der Waals surface area contributed by atoms with Crippen LogP contribution in [0.1, 0.15) is 106 Å². The molecule has 29 heteroatoms. The fourth-order valence-electron chi connectivity index (χ4n) is 10.2. The number of nitrogens with two attached hydrogens (primary N) is 3. The van der Waals surface area contributed by atoms with Crippen molar-refractivity contribution in [3.05, 3.63) is 135 Å². The van der Waals surface area contributed by atoms with E-state index in [1.165, 1.54) is 28.8 Å². The van der Waals surface area contributed by atoms with Gasteiger partial charge in [0.05, 0.1) is 58.1 Å².